The van der Waals surface area contributed by atoms with E-state index in [0.717, 1.165) is 27.6 Å². The van der Waals surface area contributed by atoms with Crippen LogP contribution in [0.25, 0.3) is 11.1 Å². The molecule has 0 aliphatic carbocycles. The van der Waals surface area contributed by atoms with Gasteiger partial charge in [0, 0.05) is 23.2 Å². The number of nitrogens with zero attached hydrogens (tertiary/aromatic N) is 2. The zero-order chi connectivity index (χ0) is 32.0. The summed E-state index contributed by atoms with van der Waals surface area (Å²) in [4.78, 5) is 38.8. The van der Waals surface area contributed by atoms with Crippen molar-refractivity contribution in [2.45, 2.75) is 45.1 Å². The Bertz CT molecular complexity index is 1750. The van der Waals surface area contributed by atoms with Crippen molar-refractivity contribution in [2.24, 2.45) is 0 Å². The molecule has 0 radical (unpaired) electrons. The lowest BCUT2D eigenvalue weighted by molar-refractivity contribution is -0.138. The Kier molecular flexibility index (Phi) is 10.1. The minimum Gasteiger partial charge on any atom is -0.494 e. The lowest BCUT2D eigenvalue weighted by Gasteiger charge is -2.23. The van der Waals surface area contributed by atoms with Crippen LogP contribution in [0.4, 0.5) is 22.0 Å². The van der Waals surface area contributed by atoms with Gasteiger partial charge in [-0.1, -0.05) is 48.5 Å². The van der Waals surface area contributed by atoms with E-state index in [1.54, 1.807) is 30.3 Å². The van der Waals surface area contributed by atoms with Crippen LogP contribution in [0.15, 0.2) is 76.3 Å². The fourth-order valence-electron chi connectivity index (χ4n) is 5.08. The zero-order valence-corrected chi connectivity index (χ0v) is 24.0. The van der Waals surface area contributed by atoms with Crippen LogP contribution in [0.1, 0.15) is 41.3 Å². The van der Waals surface area contributed by atoms with Gasteiger partial charge in [0.25, 0.3) is 5.56 Å². The first-order valence-electron chi connectivity index (χ1n) is 13.7. The number of ether oxygens (including phenoxy) is 1. The van der Waals surface area contributed by atoms with Gasteiger partial charge in [0.2, 0.25) is 0 Å². The van der Waals surface area contributed by atoms with Crippen LogP contribution in [0.3, 0.4) is 0 Å². The lowest BCUT2D eigenvalue weighted by atomic mass is 10.0. The number of nitrogens with one attached hydrogen (secondary N) is 1. The zero-order valence-electron chi connectivity index (χ0n) is 24.0. The van der Waals surface area contributed by atoms with E-state index in [-0.39, 0.29) is 35.5 Å². The van der Waals surface area contributed by atoms with E-state index in [1.165, 1.54) is 32.2 Å². The van der Waals surface area contributed by atoms with Crippen LogP contribution in [-0.4, -0.2) is 29.1 Å². The molecule has 0 fully saturated rings. The van der Waals surface area contributed by atoms with E-state index in [9.17, 15) is 31.9 Å². The molecular weight excluding hydrogens is 585 g/mol. The van der Waals surface area contributed by atoms with Crippen LogP contribution in [0, 0.1) is 18.6 Å². The molecule has 1 N–H and O–H groups in total. The molecule has 44 heavy (non-hydrogen) atoms. The Morgan fingerprint density at radius 3 is 2.32 bits per heavy atom. The van der Waals surface area contributed by atoms with E-state index in [2.05, 4.69) is 5.32 Å². The van der Waals surface area contributed by atoms with Crippen molar-refractivity contribution in [3.63, 3.8) is 0 Å². The largest absolute Gasteiger partial charge is 0.494 e. The highest BCUT2D eigenvalue weighted by Crippen LogP contribution is 2.34. The normalized spacial score (nSPS) is 12.2. The Morgan fingerprint density at radius 1 is 0.955 bits per heavy atom. The van der Waals surface area contributed by atoms with Crippen molar-refractivity contribution in [2.75, 3.05) is 13.7 Å². The first-order chi connectivity index (χ1) is 21.0. The fourth-order valence-corrected chi connectivity index (χ4v) is 5.08. The summed E-state index contributed by atoms with van der Waals surface area (Å²) in [6.45, 7) is 0.454. The molecule has 4 rings (SSSR count). The predicted molar refractivity (Wildman–Crippen MR) is 155 cm³/mol. The van der Waals surface area contributed by atoms with Gasteiger partial charge < -0.3 is 14.8 Å². The number of unbranched alkanes of at least 4 members (excludes halogenated alkanes) is 1. The van der Waals surface area contributed by atoms with Crippen molar-refractivity contribution in [3.8, 4) is 16.9 Å². The summed E-state index contributed by atoms with van der Waals surface area (Å²) in [5.41, 5.74) is -4.00. The molecule has 1 atom stereocenters. The van der Waals surface area contributed by atoms with Gasteiger partial charge in [-0.15, -0.1) is 0 Å². The first-order valence-corrected chi connectivity index (χ1v) is 13.7. The molecule has 1 heterocycles. The molecular formula is C32H30F5N3O4. The summed E-state index contributed by atoms with van der Waals surface area (Å²) in [6.07, 6.45) is -3.44. The minimum atomic E-state index is -4.94. The Morgan fingerprint density at radius 2 is 1.66 bits per heavy atom. The number of carbonyl (C=O) groups excluding carboxylic acids is 1. The third-order valence-electron chi connectivity index (χ3n) is 7.34. The second-order valence-corrected chi connectivity index (χ2v) is 10.1. The quantitative estimate of drug-likeness (QED) is 0.127. The molecule has 1 aromatic heterocycles. The van der Waals surface area contributed by atoms with Crippen LogP contribution < -0.4 is 21.3 Å². The highest BCUT2D eigenvalue weighted by Gasteiger charge is 2.35. The number of carbonyl (C=O) groups is 1. The number of halogens is 5. The molecule has 0 aliphatic rings. The summed E-state index contributed by atoms with van der Waals surface area (Å²) >= 11 is 0. The van der Waals surface area contributed by atoms with E-state index < -0.39 is 52.8 Å². The molecule has 7 nitrogen and oxygen atoms in total. The molecule has 12 heteroatoms. The summed E-state index contributed by atoms with van der Waals surface area (Å²) in [7, 11) is 1.23. The number of aldehydes is 1. The number of methoxy groups -OCH3 is 1. The van der Waals surface area contributed by atoms with Crippen molar-refractivity contribution >= 4 is 6.29 Å². The molecule has 232 valence electrons. The molecule has 3 aromatic carbocycles. The van der Waals surface area contributed by atoms with Crippen molar-refractivity contribution in [1.82, 2.24) is 14.5 Å². The third kappa shape index (κ3) is 6.80. The number of rotatable bonds is 12. The maximum absolute atomic E-state index is 15.6. The highest BCUT2D eigenvalue weighted by atomic mass is 19.4. The van der Waals surface area contributed by atoms with Gasteiger partial charge in [-0.05, 0) is 43.7 Å². The predicted octanol–water partition coefficient (Wildman–Crippen LogP) is 5.65. The van der Waals surface area contributed by atoms with Crippen molar-refractivity contribution in [1.29, 1.82) is 0 Å². The summed E-state index contributed by atoms with van der Waals surface area (Å²) in [5, 5.41) is 3.21. The average molecular weight is 616 g/mol. The summed E-state index contributed by atoms with van der Waals surface area (Å²) in [5.74, 6) is -2.31. The Hall–Kier alpha value is -4.58. The second-order valence-electron chi connectivity index (χ2n) is 10.1. The lowest BCUT2D eigenvalue weighted by Crippen LogP contribution is -2.45. The Balaban J connectivity index is 1.97. The van der Waals surface area contributed by atoms with E-state index in [4.69, 9.17) is 4.74 Å². The molecule has 0 unspecified atom stereocenters. The minimum absolute atomic E-state index is 0.157. The first kappa shape index (κ1) is 32.3. The van der Waals surface area contributed by atoms with Crippen LogP contribution in [0.5, 0.6) is 5.75 Å². The molecule has 4 aromatic rings. The molecule has 0 bridgehead atoms. The molecule has 0 amide bonds. The van der Waals surface area contributed by atoms with Gasteiger partial charge in [-0.2, -0.15) is 13.2 Å². The monoisotopic (exact) mass is 615 g/mol. The summed E-state index contributed by atoms with van der Waals surface area (Å²) in [6, 6.07) is 14.6. The van der Waals surface area contributed by atoms with Crippen molar-refractivity contribution in [3.05, 3.63) is 122 Å². The molecule has 0 aliphatic heterocycles. The van der Waals surface area contributed by atoms with Crippen molar-refractivity contribution < 1.29 is 31.5 Å². The SMILES string of the molecule is COc1cccc(-c2c(C)n(Cc3c(F)cccc3C(F)(F)F)c(=O)n(C[C@H](NCCCC=O)c3ccccc3)c2=O)c1F. The maximum Gasteiger partial charge on any atom is 0.416 e. The molecule has 0 spiro atoms. The standard InChI is InChI=1S/C32H30F5N3O4/c1-20-28(22-12-8-15-27(44-2)29(22)34)30(42)40(19-26(38-16-6-7-17-41)21-10-4-3-5-11-21)31(43)39(20)18-23-24(32(35,36)37)13-9-14-25(23)33/h3-5,8-15,17,26,38H,6-7,16,18-19H2,1-2H3/t26-/m0/s1. The van der Waals surface area contributed by atoms with Gasteiger partial charge in [-0.25, -0.2) is 13.6 Å². The molecule has 0 saturated carbocycles. The fraction of sp³-hybridized carbons (Fsp3) is 0.281. The Labute approximate surface area is 249 Å². The molecule has 0 saturated heterocycles. The van der Waals surface area contributed by atoms with Crippen LogP contribution in [0.2, 0.25) is 0 Å². The van der Waals surface area contributed by atoms with Gasteiger partial charge in [0.15, 0.2) is 11.6 Å². The van der Waals surface area contributed by atoms with Gasteiger partial charge >= 0.3 is 11.9 Å². The summed E-state index contributed by atoms with van der Waals surface area (Å²) < 4.78 is 78.9. The van der Waals surface area contributed by atoms with Crippen LogP contribution >= 0.6 is 0 Å². The topological polar surface area (TPSA) is 82.3 Å². The maximum atomic E-state index is 15.6. The van der Waals surface area contributed by atoms with Gasteiger partial charge in [-0.3, -0.25) is 13.9 Å². The highest BCUT2D eigenvalue weighted by molar-refractivity contribution is 5.67. The second kappa shape index (κ2) is 13.8. The number of benzene rings is 3. The third-order valence-corrected chi connectivity index (χ3v) is 7.34. The number of hydrogen-bond acceptors (Lipinski definition) is 5. The average Bonchev–Trinajstić information content (AvgIpc) is 3.00. The van der Waals surface area contributed by atoms with E-state index in [0.29, 0.717) is 24.6 Å². The van der Waals surface area contributed by atoms with E-state index in [1.807, 2.05) is 0 Å². The van der Waals surface area contributed by atoms with Crippen LogP contribution in [-0.2, 0) is 24.1 Å². The van der Waals surface area contributed by atoms with Gasteiger partial charge in [0.05, 0.1) is 37.4 Å². The van der Waals surface area contributed by atoms with E-state index >= 15 is 4.39 Å². The smallest absolute Gasteiger partial charge is 0.416 e. The number of hydrogen-bond donors (Lipinski definition) is 1. The van der Waals surface area contributed by atoms with Gasteiger partial charge in [0.1, 0.15) is 12.1 Å². The number of alkyl halides is 3. The number of aromatic nitrogens is 2.